The lowest BCUT2D eigenvalue weighted by atomic mass is 10.2. The summed E-state index contributed by atoms with van der Waals surface area (Å²) in [6.07, 6.45) is 0.919. The van der Waals surface area contributed by atoms with Crippen LogP contribution >= 0.6 is 22.6 Å². The van der Waals surface area contributed by atoms with Crippen molar-refractivity contribution in [2.45, 2.75) is 23.5 Å². The minimum absolute atomic E-state index is 0.230. The predicted molar refractivity (Wildman–Crippen MR) is 67.3 cm³/mol. The van der Waals surface area contributed by atoms with Gasteiger partial charge in [-0.05, 0) is 12.0 Å². The molecule has 0 spiro atoms. The molecule has 2 N–H and O–H groups in total. The molecule has 2 nitrogen and oxygen atoms in total. The first kappa shape index (κ1) is 11.9. The fraction of sp³-hybridized carbons (Fsp3) is 0.455. The van der Waals surface area contributed by atoms with Crippen LogP contribution in [-0.4, -0.2) is 10.2 Å². The van der Waals surface area contributed by atoms with E-state index in [1.165, 1.54) is 5.56 Å². The highest BCUT2D eigenvalue weighted by atomic mass is 127. The van der Waals surface area contributed by atoms with E-state index in [0.29, 0.717) is 13.2 Å². The van der Waals surface area contributed by atoms with Gasteiger partial charge >= 0.3 is 0 Å². The van der Waals surface area contributed by atoms with Gasteiger partial charge in [0.25, 0.3) is 0 Å². The molecule has 0 aromatic heterocycles. The summed E-state index contributed by atoms with van der Waals surface area (Å²) in [5.74, 6) is 0. The van der Waals surface area contributed by atoms with Crippen LogP contribution in [0.1, 0.15) is 18.9 Å². The van der Waals surface area contributed by atoms with Gasteiger partial charge in [-0.15, -0.1) is 0 Å². The molecule has 0 saturated carbocycles. The Labute approximate surface area is 99.0 Å². The van der Waals surface area contributed by atoms with E-state index in [1.54, 1.807) is 0 Å². The molecule has 0 saturated heterocycles. The smallest absolute Gasteiger partial charge is 0.0914 e. The van der Waals surface area contributed by atoms with Crippen LogP contribution in [0.5, 0.6) is 0 Å². The average molecular weight is 305 g/mol. The van der Waals surface area contributed by atoms with Gasteiger partial charge in [0, 0.05) is 0 Å². The quantitative estimate of drug-likeness (QED) is 0.516. The second-order valence-corrected chi connectivity index (χ2v) is 5.51. The van der Waals surface area contributed by atoms with Crippen LogP contribution in [0.15, 0.2) is 30.3 Å². The molecule has 0 fully saturated rings. The minimum Gasteiger partial charge on any atom is -0.374 e. The standard InChI is InChI=1S/C11H16INO/c1-2-11(12,13)9-14-8-10-6-4-3-5-7-10/h3-7H,2,8-9,13H2,1H3/t11-/m1/s1. The predicted octanol–water partition coefficient (Wildman–Crippen LogP) is 2.70. The maximum absolute atomic E-state index is 5.94. The average Bonchev–Trinajstić information content (AvgIpc) is 2.19. The topological polar surface area (TPSA) is 35.2 Å². The third-order valence-corrected chi connectivity index (χ3v) is 3.12. The van der Waals surface area contributed by atoms with Crippen molar-refractivity contribution < 1.29 is 4.74 Å². The lowest BCUT2D eigenvalue weighted by molar-refractivity contribution is 0.103. The van der Waals surface area contributed by atoms with Crippen LogP contribution in [0.25, 0.3) is 0 Å². The van der Waals surface area contributed by atoms with Crippen LogP contribution in [0.3, 0.4) is 0 Å². The van der Waals surface area contributed by atoms with Crippen molar-refractivity contribution in [3.05, 3.63) is 35.9 Å². The largest absolute Gasteiger partial charge is 0.374 e. The van der Waals surface area contributed by atoms with Crippen molar-refractivity contribution in [3.63, 3.8) is 0 Å². The number of nitrogens with two attached hydrogens (primary N) is 1. The lowest BCUT2D eigenvalue weighted by Gasteiger charge is -2.20. The summed E-state index contributed by atoms with van der Waals surface area (Å²) in [5.41, 5.74) is 7.13. The minimum atomic E-state index is -0.230. The van der Waals surface area contributed by atoms with Crippen molar-refractivity contribution in [1.29, 1.82) is 0 Å². The van der Waals surface area contributed by atoms with Gasteiger partial charge in [-0.1, -0.05) is 59.8 Å². The SMILES string of the molecule is CC[C@](N)(I)COCc1ccccc1. The second kappa shape index (κ2) is 5.68. The zero-order valence-corrected chi connectivity index (χ0v) is 10.5. The van der Waals surface area contributed by atoms with E-state index >= 15 is 0 Å². The summed E-state index contributed by atoms with van der Waals surface area (Å²) in [7, 11) is 0. The summed E-state index contributed by atoms with van der Waals surface area (Å²) in [6, 6.07) is 10.1. The molecule has 0 aliphatic carbocycles. The van der Waals surface area contributed by atoms with E-state index in [1.807, 2.05) is 18.2 Å². The van der Waals surface area contributed by atoms with E-state index in [2.05, 4.69) is 41.6 Å². The molecule has 1 rings (SSSR count). The summed E-state index contributed by atoms with van der Waals surface area (Å²) in [4.78, 5) is 0. The maximum Gasteiger partial charge on any atom is 0.0914 e. The van der Waals surface area contributed by atoms with Gasteiger partial charge in [0.2, 0.25) is 0 Å². The normalized spacial score (nSPS) is 15.1. The molecule has 0 amide bonds. The molecular formula is C11H16INO. The fourth-order valence-electron chi connectivity index (χ4n) is 1.01. The molecule has 78 valence electrons. The number of alkyl halides is 1. The Balaban J connectivity index is 2.29. The van der Waals surface area contributed by atoms with Crippen LogP contribution in [-0.2, 0) is 11.3 Å². The molecule has 0 heterocycles. The van der Waals surface area contributed by atoms with Gasteiger partial charge < -0.3 is 10.5 Å². The third-order valence-electron chi connectivity index (χ3n) is 2.04. The Bertz CT molecular complexity index is 261. The lowest BCUT2D eigenvalue weighted by Crippen LogP contribution is -2.36. The highest BCUT2D eigenvalue weighted by molar-refractivity contribution is 14.1. The molecular weight excluding hydrogens is 289 g/mol. The molecule has 0 aliphatic heterocycles. The summed E-state index contributed by atoms with van der Waals surface area (Å²) >= 11 is 2.24. The van der Waals surface area contributed by atoms with Gasteiger partial charge in [0.05, 0.1) is 16.8 Å². The molecule has 0 bridgehead atoms. The first-order valence-electron chi connectivity index (χ1n) is 4.73. The monoisotopic (exact) mass is 305 g/mol. The maximum atomic E-state index is 5.94. The van der Waals surface area contributed by atoms with E-state index in [0.717, 1.165) is 6.42 Å². The van der Waals surface area contributed by atoms with Gasteiger partial charge in [0.15, 0.2) is 0 Å². The Kier molecular flexibility index (Phi) is 4.84. The first-order chi connectivity index (χ1) is 6.64. The van der Waals surface area contributed by atoms with E-state index in [9.17, 15) is 0 Å². The highest BCUT2D eigenvalue weighted by Crippen LogP contribution is 2.16. The van der Waals surface area contributed by atoms with Crippen molar-refractivity contribution in [1.82, 2.24) is 0 Å². The zero-order chi connectivity index (χ0) is 10.4. The molecule has 0 unspecified atom stereocenters. The summed E-state index contributed by atoms with van der Waals surface area (Å²) in [6.45, 7) is 3.31. The van der Waals surface area contributed by atoms with E-state index < -0.39 is 0 Å². The Hall–Kier alpha value is -0.130. The Morgan fingerprint density at radius 1 is 1.36 bits per heavy atom. The summed E-state index contributed by atoms with van der Waals surface area (Å²) < 4.78 is 5.31. The zero-order valence-electron chi connectivity index (χ0n) is 8.37. The molecule has 1 aromatic carbocycles. The molecule has 3 heteroatoms. The van der Waals surface area contributed by atoms with Crippen LogP contribution in [0.2, 0.25) is 0 Å². The first-order valence-corrected chi connectivity index (χ1v) is 5.81. The number of halogens is 1. The molecule has 1 aromatic rings. The highest BCUT2D eigenvalue weighted by Gasteiger charge is 2.17. The number of benzene rings is 1. The fourth-order valence-corrected chi connectivity index (χ4v) is 1.24. The number of ether oxygens (including phenoxy) is 1. The van der Waals surface area contributed by atoms with Gasteiger partial charge in [-0.2, -0.15) is 0 Å². The third kappa shape index (κ3) is 4.39. The number of hydrogen-bond donors (Lipinski definition) is 1. The number of hydrogen-bond acceptors (Lipinski definition) is 2. The molecule has 14 heavy (non-hydrogen) atoms. The van der Waals surface area contributed by atoms with E-state index in [4.69, 9.17) is 10.5 Å². The van der Waals surface area contributed by atoms with E-state index in [-0.39, 0.29) is 3.55 Å². The molecule has 0 aliphatic rings. The van der Waals surface area contributed by atoms with Crippen molar-refractivity contribution >= 4 is 22.6 Å². The second-order valence-electron chi connectivity index (χ2n) is 3.37. The van der Waals surface area contributed by atoms with Crippen LogP contribution in [0, 0.1) is 0 Å². The van der Waals surface area contributed by atoms with Crippen molar-refractivity contribution in [3.8, 4) is 0 Å². The van der Waals surface area contributed by atoms with Crippen LogP contribution < -0.4 is 5.73 Å². The van der Waals surface area contributed by atoms with Crippen LogP contribution in [0.4, 0.5) is 0 Å². The molecule has 0 radical (unpaired) electrons. The number of rotatable bonds is 5. The Morgan fingerprint density at radius 2 is 2.00 bits per heavy atom. The summed E-state index contributed by atoms with van der Waals surface area (Å²) in [5, 5.41) is 0. The molecule has 1 atom stereocenters. The van der Waals surface area contributed by atoms with Gasteiger partial charge in [-0.25, -0.2) is 0 Å². The van der Waals surface area contributed by atoms with Gasteiger partial charge in [-0.3, -0.25) is 0 Å². The Morgan fingerprint density at radius 3 is 2.57 bits per heavy atom. The van der Waals surface area contributed by atoms with Crippen molar-refractivity contribution in [2.24, 2.45) is 5.73 Å². The van der Waals surface area contributed by atoms with Gasteiger partial charge in [0.1, 0.15) is 0 Å². The van der Waals surface area contributed by atoms with Crippen molar-refractivity contribution in [2.75, 3.05) is 6.61 Å².